The summed E-state index contributed by atoms with van der Waals surface area (Å²) in [6.45, 7) is 1.85. The molecule has 23 nitrogen and oxygen atoms in total. The molecule has 0 bridgehead atoms. The summed E-state index contributed by atoms with van der Waals surface area (Å²) in [5.74, 6) is -1.22. The van der Waals surface area contributed by atoms with Gasteiger partial charge in [0.15, 0.2) is 0 Å². The fourth-order valence-corrected chi connectivity index (χ4v) is 11.2. The SMILES string of the molecule is CCOc1cc(N=Nc2ccc(C=Cc3ccc(-n4n5c6cc(S(=O)(=O)O)c7ccccc7c6n45)cc3S(=O)(=O)O)c(S(=O)(=O)O)c2)c(C(=O)O)cc1-n1n2c3ccc4cc(S(=O)(=O)O)ccc4c3n12. The molecule has 356 valence electrons. The minimum absolute atomic E-state index is 0.0995. The van der Waals surface area contributed by atoms with Crippen LogP contribution in [-0.2, 0) is 40.5 Å². The highest BCUT2D eigenvalue weighted by Crippen LogP contribution is 2.40. The lowest BCUT2D eigenvalue weighted by Gasteiger charge is -2.10. The monoisotopic (exact) mass is 1030 g/mol. The molecule has 0 radical (unpaired) electrons. The Labute approximate surface area is 392 Å². The van der Waals surface area contributed by atoms with E-state index >= 15 is 0 Å². The van der Waals surface area contributed by atoms with Gasteiger partial charge in [0.2, 0.25) is 0 Å². The third-order valence-electron chi connectivity index (χ3n) is 11.6. The van der Waals surface area contributed by atoms with Crippen molar-refractivity contribution < 1.29 is 66.5 Å². The number of carbonyl (C=O) groups is 1. The van der Waals surface area contributed by atoms with Crippen LogP contribution in [0.4, 0.5) is 11.4 Å². The lowest BCUT2D eigenvalue weighted by atomic mass is 10.1. The average molecular weight is 1030 g/mol. The van der Waals surface area contributed by atoms with Crippen LogP contribution in [0.2, 0.25) is 0 Å². The second-order valence-electron chi connectivity index (χ2n) is 15.8. The normalized spacial score (nSPS) is 13.4. The second kappa shape index (κ2) is 15.1. The maximum atomic E-state index is 12.7. The first-order valence-corrected chi connectivity index (χ1v) is 26.1. The van der Waals surface area contributed by atoms with Crippen molar-refractivity contribution in [1.29, 1.82) is 0 Å². The Balaban J connectivity index is 0.915. The van der Waals surface area contributed by atoms with Crippen LogP contribution in [0, 0.1) is 0 Å². The standard InChI is InChI=1S/C43H30N8O15S4/c1-2-66-37-21-33(32(43(52)53)20-35(37)48-47-34-16-11-25-17-28(67(54,55)56)14-15-29(25)41(34)51(47)48)45-44-26-12-9-23(38(18-26)68(57,58)59)7-8-24-10-13-27(19-39(24)69(60,61)62)46-49-36-22-40(70(63,64)65)30-5-3-4-6-31(30)42(36)50(46)49/h3-22H,2H2,1H3,(H,52,53)(H,54,55,56)(H,57,58,59)(H,60,61,62)(H,63,64,65). The molecule has 0 amide bonds. The van der Waals surface area contributed by atoms with E-state index in [0.717, 1.165) is 12.1 Å². The third-order valence-corrected chi connectivity index (χ3v) is 15.2. The quantitative estimate of drug-likeness (QED) is 0.0436. The fraction of sp³-hybridized carbons (Fsp3) is 0.0465. The van der Waals surface area contributed by atoms with Gasteiger partial charge in [-0.15, -0.1) is 28.4 Å². The Hall–Kier alpha value is -7.89. The summed E-state index contributed by atoms with van der Waals surface area (Å²) >= 11 is 0. The van der Waals surface area contributed by atoms with Gasteiger partial charge in [0, 0.05) is 22.2 Å². The van der Waals surface area contributed by atoms with Crippen LogP contribution in [0.5, 0.6) is 5.75 Å². The first kappa shape index (κ1) is 44.6. The Morgan fingerprint density at radius 2 is 1.21 bits per heavy atom. The van der Waals surface area contributed by atoms with Crippen LogP contribution in [0.3, 0.4) is 0 Å². The number of aromatic carboxylic acids is 1. The van der Waals surface area contributed by atoms with E-state index in [1.54, 1.807) is 62.0 Å². The van der Waals surface area contributed by atoms with E-state index in [9.17, 15) is 61.8 Å². The maximum absolute atomic E-state index is 12.7. The molecule has 0 spiro atoms. The topological polar surface area (TPSA) is 316 Å². The van der Waals surface area contributed by atoms with Crippen LogP contribution in [-0.4, -0.2) is 97.7 Å². The minimum atomic E-state index is -5.00. The van der Waals surface area contributed by atoms with Crippen molar-refractivity contribution >= 4 is 114 Å². The molecule has 0 aliphatic carbocycles. The highest BCUT2D eigenvalue weighted by molar-refractivity contribution is 7.86. The molecule has 0 aliphatic rings. The molecule has 0 fully saturated rings. The Morgan fingerprint density at radius 3 is 1.87 bits per heavy atom. The van der Waals surface area contributed by atoms with Gasteiger partial charge in [-0.25, -0.2) is 4.79 Å². The number of nitrogens with zero attached hydrogens (tertiary/aromatic N) is 8. The number of ether oxygens (including phenoxy) is 1. The van der Waals surface area contributed by atoms with Gasteiger partial charge in [-0.3, -0.25) is 18.2 Å². The fourth-order valence-electron chi connectivity index (χ4n) is 8.56. The van der Waals surface area contributed by atoms with Crippen LogP contribution in [0.25, 0.3) is 67.1 Å². The lowest BCUT2D eigenvalue weighted by molar-refractivity contribution is 0.0697. The highest BCUT2D eigenvalue weighted by atomic mass is 32.2. The zero-order valence-corrected chi connectivity index (χ0v) is 38.5. The van der Waals surface area contributed by atoms with E-state index in [1.165, 1.54) is 82.2 Å². The number of hydrogen-bond donors (Lipinski definition) is 5. The van der Waals surface area contributed by atoms with Gasteiger partial charge >= 0.3 is 5.97 Å². The number of carboxylic acids is 1. The molecule has 11 aromatic rings. The highest BCUT2D eigenvalue weighted by Gasteiger charge is 2.32. The van der Waals surface area contributed by atoms with E-state index in [-0.39, 0.29) is 67.0 Å². The van der Waals surface area contributed by atoms with Crippen LogP contribution < -0.4 is 4.74 Å². The van der Waals surface area contributed by atoms with Crippen molar-refractivity contribution in [3.8, 4) is 17.1 Å². The summed E-state index contributed by atoms with van der Waals surface area (Å²) in [7, 11) is -19.0. The van der Waals surface area contributed by atoms with Gasteiger partial charge < -0.3 is 9.84 Å². The number of benzene rings is 7. The smallest absolute Gasteiger partial charge is 0.338 e. The summed E-state index contributed by atoms with van der Waals surface area (Å²) in [4.78, 5) is 13.9. The molecule has 0 saturated heterocycles. The van der Waals surface area contributed by atoms with E-state index < -0.39 is 56.2 Å². The zero-order chi connectivity index (χ0) is 49.6. The zero-order valence-electron chi connectivity index (χ0n) is 35.3. The molecule has 27 heteroatoms. The van der Waals surface area contributed by atoms with Gasteiger partial charge in [0.1, 0.15) is 53.9 Å². The molecular weight excluding hydrogens is 997 g/mol. The average Bonchev–Trinajstić information content (AvgIpc) is 4.15. The molecule has 0 atom stereocenters. The molecule has 4 aromatic heterocycles. The maximum Gasteiger partial charge on any atom is 0.338 e. The Morgan fingerprint density at radius 1 is 0.586 bits per heavy atom. The van der Waals surface area contributed by atoms with Gasteiger partial charge in [-0.1, -0.05) is 60.7 Å². The first-order chi connectivity index (χ1) is 33.0. The molecule has 11 rings (SSSR count). The van der Waals surface area contributed by atoms with Gasteiger partial charge in [-0.05, 0) is 78.0 Å². The van der Waals surface area contributed by atoms with Crippen molar-refractivity contribution in [2.75, 3.05) is 6.61 Å². The summed E-state index contributed by atoms with van der Waals surface area (Å²) in [6.07, 6.45) is 2.35. The van der Waals surface area contributed by atoms with E-state index in [1.807, 2.05) is 0 Å². The third kappa shape index (κ3) is 7.09. The summed E-state index contributed by atoms with van der Waals surface area (Å²) in [5.41, 5.74) is 1.92. The van der Waals surface area contributed by atoms with Crippen molar-refractivity contribution in [1.82, 2.24) is 28.1 Å². The lowest BCUT2D eigenvalue weighted by Crippen LogP contribution is -2.03. The van der Waals surface area contributed by atoms with Crippen LogP contribution >= 0.6 is 0 Å². The molecule has 7 aromatic carbocycles. The summed E-state index contributed by atoms with van der Waals surface area (Å²) in [6, 6.07) is 25.3. The summed E-state index contributed by atoms with van der Waals surface area (Å²) < 4.78 is 151. The van der Waals surface area contributed by atoms with E-state index in [4.69, 9.17) is 4.74 Å². The second-order valence-corrected chi connectivity index (χ2v) is 21.4. The largest absolute Gasteiger partial charge is 0.491 e. The molecule has 5 N–H and O–H groups in total. The first-order valence-electron chi connectivity index (χ1n) is 20.3. The van der Waals surface area contributed by atoms with Crippen molar-refractivity contribution in [3.63, 3.8) is 0 Å². The van der Waals surface area contributed by atoms with Crippen molar-refractivity contribution in [3.05, 3.63) is 126 Å². The molecular formula is C43H30N8O15S4. The van der Waals surface area contributed by atoms with E-state index in [0.29, 0.717) is 38.2 Å². The van der Waals surface area contributed by atoms with Crippen molar-refractivity contribution in [2.45, 2.75) is 26.5 Å². The molecule has 70 heavy (non-hydrogen) atoms. The number of azo groups is 1. The predicted octanol–water partition coefficient (Wildman–Crippen LogP) is 7.13. The predicted molar refractivity (Wildman–Crippen MR) is 250 cm³/mol. The van der Waals surface area contributed by atoms with Gasteiger partial charge in [0.05, 0.1) is 28.4 Å². The minimum Gasteiger partial charge on any atom is -0.491 e. The number of aromatic nitrogens is 6. The number of carboxylic acid groups (broad SMARTS) is 1. The van der Waals surface area contributed by atoms with Crippen LogP contribution in [0.15, 0.2) is 139 Å². The molecule has 4 heterocycles. The summed E-state index contributed by atoms with van der Waals surface area (Å²) in [5, 5.41) is 20.4. The number of fused-ring (bicyclic) bond motifs is 12. The van der Waals surface area contributed by atoms with Crippen molar-refractivity contribution in [2.24, 2.45) is 10.2 Å². The molecule has 0 aliphatic heterocycles. The Kier molecular flexibility index (Phi) is 9.59. The molecule has 0 saturated carbocycles. The van der Waals surface area contributed by atoms with Gasteiger partial charge in [0.25, 0.3) is 40.5 Å². The van der Waals surface area contributed by atoms with Crippen LogP contribution in [0.1, 0.15) is 28.4 Å². The molecule has 0 unspecified atom stereocenters. The number of rotatable bonds is 13. The van der Waals surface area contributed by atoms with E-state index in [2.05, 4.69) is 10.2 Å². The van der Waals surface area contributed by atoms with Gasteiger partial charge in [-0.2, -0.15) is 43.6 Å². The number of hydrogen-bond acceptors (Lipinski definition) is 12. The Bertz CT molecular complexity index is 4590.